The maximum Gasteiger partial charge on any atom is 0.151 e. The molecule has 1 aliphatic heterocycles. The van der Waals surface area contributed by atoms with Gasteiger partial charge in [0.15, 0.2) is 5.82 Å². The highest BCUT2D eigenvalue weighted by atomic mass is 35.5. The molecule has 1 saturated heterocycles. The molecular formula is C17H21ClFN3O. The smallest absolute Gasteiger partial charge is 0.151 e. The lowest BCUT2D eigenvalue weighted by atomic mass is 10.1. The minimum absolute atomic E-state index is 0.0925. The third kappa shape index (κ3) is 3.90. The summed E-state index contributed by atoms with van der Waals surface area (Å²) >= 11 is 5.91. The summed E-state index contributed by atoms with van der Waals surface area (Å²) in [4.78, 5) is 4.66. The minimum Gasteiger partial charge on any atom is -0.378 e. The zero-order valence-electron chi connectivity index (χ0n) is 13.3. The zero-order valence-corrected chi connectivity index (χ0v) is 14.0. The molecule has 4 nitrogen and oxygen atoms in total. The Hall–Kier alpha value is -1.46. The van der Waals surface area contributed by atoms with Crippen molar-refractivity contribution in [3.8, 4) is 5.69 Å². The van der Waals surface area contributed by atoms with Gasteiger partial charge in [0.25, 0.3) is 0 Å². The van der Waals surface area contributed by atoms with Crippen LogP contribution in [0.1, 0.15) is 44.3 Å². The van der Waals surface area contributed by atoms with E-state index in [1.165, 1.54) is 12.5 Å². The Morgan fingerprint density at radius 1 is 1.39 bits per heavy atom. The fraction of sp³-hybridized carbons (Fsp3) is 0.529. The molecule has 124 valence electrons. The first-order valence-corrected chi connectivity index (χ1v) is 8.57. The quantitative estimate of drug-likeness (QED) is 0.823. The largest absolute Gasteiger partial charge is 0.378 e. The number of rotatable bonds is 5. The third-order valence-corrected chi connectivity index (χ3v) is 4.31. The maximum absolute atomic E-state index is 13.4. The molecule has 1 aliphatic rings. The predicted molar refractivity (Wildman–Crippen MR) is 87.6 cm³/mol. The number of benzene rings is 1. The van der Waals surface area contributed by atoms with Gasteiger partial charge in [0, 0.05) is 19.4 Å². The summed E-state index contributed by atoms with van der Waals surface area (Å²) in [6.07, 6.45) is 6.04. The molecule has 0 radical (unpaired) electrons. The molecule has 1 unspecified atom stereocenters. The Morgan fingerprint density at radius 2 is 2.26 bits per heavy atom. The first-order chi connectivity index (χ1) is 11.2. The number of aromatic nitrogens is 3. The van der Waals surface area contributed by atoms with Crippen LogP contribution in [0.15, 0.2) is 18.2 Å². The number of aryl methyl sites for hydroxylation is 1. The minimum atomic E-state index is -0.429. The second-order valence-electron chi connectivity index (χ2n) is 5.90. The van der Waals surface area contributed by atoms with Crippen LogP contribution in [0.3, 0.4) is 0 Å². The highest BCUT2D eigenvalue weighted by Gasteiger charge is 2.20. The van der Waals surface area contributed by atoms with Gasteiger partial charge in [-0.25, -0.2) is 14.1 Å². The van der Waals surface area contributed by atoms with Crippen LogP contribution in [-0.2, 0) is 17.6 Å². The number of hydrogen-bond acceptors (Lipinski definition) is 3. The molecule has 0 aliphatic carbocycles. The Balaban J connectivity index is 1.91. The lowest BCUT2D eigenvalue weighted by molar-refractivity contribution is 0.0153. The highest BCUT2D eigenvalue weighted by molar-refractivity contribution is 6.30. The van der Waals surface area contributed by atoms with Crippen LogP contribution in [0, 0.1) is 5.82 Å². The summed E-state index contributed by atoms with van der Waals surface area (Å²) in [5.74, 6) is 1.23. The predicted octanol–water partition coefficient (Wildman–Crippen LogP) is 4.12. The number of nitrogens with zero attached hydrogens (tertiary/aromatic N) is 3. The van der Waals surface area contributed by atoms with Crippen molar-refractivity contribution in [2.45, 2.75) is 51.6 Å². The number of halogens is 2. The Kier molecular flexibility index (Phi) is 5.28. The van der Waals surface area contributed by atoms with Crippen LogP contribution < -0.4 is 0 Å². The van der Waals surface area contributed by atoms with E-state index in [1.807, 2.05) is 0 Å². The van der Waals surface area contributed by atoms with Crippen LogP contribution in [0.2, 0.25) is 5.02 Å². The van der Waals surface area contributed by atoms with Gasteiger partial charge in [-0.05, 0) is 43.9 Å². The fourth-order valence-corrected chi connectivity index (χ4v) is 3.02. The summed E-state index contributed by atoms with van der Waals surface area (Å²) in [6, 6.07) is 4.63. The van der Waals surface area contributed by atoms with Crippen LogP contribution in [0.5, 0.6) is 0 Å². The summed E-state index contributed by atoms with van der Waals surface area (Å²) in [5.41, 5.74) is 0.733. The van der Waals surface area contributed by atoms with Crippen molar-refractivity contribution in [3.63, 3.8) is 0 Å². The number of ether oxygens (including phenoxy) is 1. The van der Waals surface area contributed by atoms with Gasteiger partial charge in [-0.1, -0.05) is 18.5 Å². The van der Waals surface area contributed by atoms with Gasteiger partial charge in [0.2, 0.25) is 0 Å². The molecule has 1 atom stereocenters. The molecule has 23 heavy (non-hydrogen) atoms. The van der Waals surface area contributed by atoms with Gasteiger partial charge in [0.1, 0.15) is 11.6 Å². The van der Waals surface area contributed by atoms with Gasteiger partial charge >= 0.3 is 0 Å². The van der Waals surface area contributed by atoms with Crippen molar-refractivity contribution in [2.75, 3.05) is 6.61 Å². The Labute approximate surface area is 140 Å². The zero-order chi connectivity index (χ0) is 16.2. The van der Waals surface area contributed by atoms with Gasteiger partial charge in [-0.3, -0.25) is 0 Å². The fourth-order valence-electron chi connectivity index (χ4n) is 2.85. The SMILES string of the molecule is CCCc1nc(CC2CCCCO2)n(-c2ccc(F)c(Cl)c2)n1. The third-order valence-electron chi connectivity index (χ3n) is 4.02. The molecule has 2 heterocycles. The molecular weight excluding hydrogens is 317 g/mol. The monoisotopic (exact) mass is 337 g/mol. The van der Waals surface area contributed by atoms with Crippen LogP contribution in [0.25, 0.3) is 5.69 Å². The van der Waals surface area contributed by atoms with Crippen molar-refractivity contribution in [3.05, 3.63) is 40.7 Å². The number of hydrogen-bond donors (Lipinski definition) is 0. The molecule has 0 saturated carbocycles. The van der Waals surface area contributed by atoms with Crippen molar-refractivity contribution in [1.82, 2.24) is 14.8 Å². The maximum atomic E-state index is 13.4. The van der Waals surface area contributed by atoms with E-state index in [1.54, 1.807) is 16.8 Å². The topological polar surface area (TPSA) is 39.9 Å². The van der Waals surface area contributed by atoms with Gasteiger partial charge in [-0.15, -0.1) is 0 Å². The van der Waals surface area contributed by atoms with E-state index in [9.17, 15) is 4.39 Å². The normalized spacial score (nSPS) is 18.3. The first-order valence-electron chi connectivity index (χ1n) is 8.19. The van der Waals surface area contributed by atoms with Gasteiger partial charge in [0.05, 0.1) is 16.8 Å². The summed E-state index contributed by atoms with van der Waals surface area (Å²) in [5, 5.41) is 4.67. The lowest BCUT2D eigenvalue weighted by Gasteiger charge is -2.22. The summed E-state index contributed by atoms with van der Waals surface area (Å²) in [6.45, 7) is 2.91. The van der Waals surface area contributed by atoms with Crippen LogP contribution in [0.4, 0.5) is 4.39 Å². The second-order valence-corrected chi connectivity index (χ2v) is 6.30. The van der Waals surface area contributed by atoms with Crippen LogP contribution in [-0.4, -0.2) is 27.5 Å². The molecule has 0 bridgehead atoms. The molecule has 1 aromatic carbocycles. The standard InChI is InChI=1S/C17H21ClFN3O/c1-2-5-16-20-17(11-13-6-3-4-9-23-13)22(21-16)12-7-8-15(19)14(18)10-12/h7-8,10,13H,2-6,9,11H2,1H3. The van der Waals surface area contributed by atoms with Gasteiger partial charge in [-0.2, -0.15) is 5.10 Å². The van der Waals surface area contributed by atoms with Crippen molar-refractivity contribution >= 4 is 11.6 Å². The van der Waals surface area contributed by atoms with Crippen molar-refractivity contribution in [2.24, 2.45) is 0 Å². The molecule has 2 aromatic rings. The van der Waals surface area contributed by atoms with E-state index < -0.39 is 5.82 Å². The molecule has 6 heteroatoms. The molecule has 0 amide bonds. The van der Waals surface area contributed by atoms with E-state index in [-0.39, 0.29) is 11.1 Å². The van der Waals surface area contributed by atoms with Crippen LogP contribution >= 0.6 is 11.6 Å². The molecule has 3 rings (SSSR count). The average molecular weight is 338 g/mol. The van der Waals surface area contributed by atoms with Crippen molar-refractivity contribution in [1.29, 1.82) is 0 Å². The molecule has 0 N–H and O–H groups in total. The first kappa shape index (κ1) is 16.4. The van der Waals surface area contributed by atoms with E-state index in [4.69, 9.17) is 16.3 Å². The molecule has 1 fully saturated rings. The molecule has 1 aromatic heterocycles. The Bertz CT molecular complexity index is 668. The summed E-state index contributed by atoms with van der Waals surface area (Å²) in [7, 11) is 0. The van der Waals surface area contributed by atoms with Gasteiger partial charge < -0.3 is 4.74 Å². The second kappa shape index (κ2) is 7.41. The summed E-state index contributed by atoms with van der Waals surface area (Å²) < 4.78 is 21.0. The molecule has 0 spiro atoms. The van der Waals surface area contributed by atoms with E-state index >= 15 is 0 Å². The van der Waals surface area contributed by atoms with E-state index in [0.717, 1.165) is 49.6 Å². The Morgan fingerprint density at radius 3 is 2.96 bits per heavy atom. The lowest BCUT2D eigenvalue weighted by Crippen LogP contribution is -2.23. The van der Waals surface area contributed by atoms with Crippen molar-refractivity contribution < 1.29 is 9.13 Å². The van der Waals surface area contributed by atoms with E-state index in [2.05, 4.69) is 17.0 Å². The highest BCUT2D eigenvalue weighted by Crippen LogP contribution is 2.22. The average Bonchev–Trinajstić information content (AvgIpc) is 2.94. The van der Waals surface area contributed by atoms with E-state index in [0.29, 0.717) is 6.42 Å².